The molecule has 0 heterocycles. The van der Waals surface area contributed by atoms with Gasteiger partial charge in [0.1, 0.15) is 0 Å². The van der Waals surface area contributed by atoms with Crippen LogP contribution in [0.5, 0.6) is 0 Å². The van der Waals surface area contributed by atoms with E-state index < -0.39 is 4.92 Å². The summed E-state index contributed by atoms with van der Waals surface area (Å²) in [6, 6.07) is 0. The average molecular weight is 195 g/mol. The lowest BCUT2D eigenvalue weighted by Gasteiger charge is -2.18. The largest absolute Gasteiger partial charge is 0.295 e. The number of ketones is 1. The molecule has 0 bridgehead atoms. The number of hydrogen-bond donors (Lipinski definition) is 0. The molecule has 0 saturated carbocycles. The third-order valence-electron chi connectivity index (χ3n) is 2.53. The Hall–Kier alpha value is -1.45. The van der Waals surface area contributed by atoms with Crippen LogP contribution in [0.2, 0.25) is 0 Å². The van der Waals surface area contributed by atoms with Crippen molar-refractivity contribution in [3.8, 4) is 0 Å². The molecule has 1 atom stereocenters. The Balaban J connectivity index is 2.74. The monoisotopic (exact) mass is 195 g/mol. The molecule has 0 fully saturated rings. The third-order valence-corrected chi connectivity index (χ3v) is 2.53. The highest BCUT2D eigenvalue weighted by Gasteiger charge is 2.21. The van der Waals surface area contributed by atoms with Gasteiger partial charge in [-0.05, 0) is 31.8 Å². The molecular weight excluding hydrogens is 182 g/mol. The summed E-state index contributed by atoms with van der Waals surface area (Å²) in [6.45, 7) is 3.49. The number of hydrogen-bond acceptors (Lipinski definition) is 3. The summed E-state index contributed by atoms with van der Waals surface area (Å²) in [7, 11) is 0. The molecule has 0 aromatic heterocycles. The lowest BCUT2D eigenvalue weighted by atomic mass is 9.85. The van der Waals surface area contributed by atoms with Gasteiger partial charge in [-0.1, -0.05) is 6.08 Å². The van der Waals surface area contributed by atoms with Crippen molar-refractivity contribution in [2.24, 2.45) is 5.92 Å². The highest BCUT2D eigenvalue weighted by molar-refractivity contribution is 5.95. The molecule has 4 heteroatoms. The minimum atomic E-state index is -0.467. The van der Waals surface area contributed by atoms with Crippen molar-refractivity contribution in [1.82, 2.24) is 0 Å². The zero-order valence-electron chi connectivity index (χ0n) is 8.32. The number of nitrogens with zero attached hydrogens (tertiary/aromatic N) is 1. The molecule has 0 unspecified atom stereocenters. The Kier molecular flexibility index (Phi) is 3.17. The van der Waals surface area contributed by atoms with Crippen LogP contribution in [0.1, 0.15) is 26.7 Å². The second-order valence-corrected chi connectivity index (χ2v) is 3.61. The number of nitro groups is 1. The van der Waals surface area contributed by atoms with Crippen molar-refractivity contribution >= 4 is 5.78 Å². The van der Waals surface area contributed by atoms with Crippen molar-refractivity contribution in [2.75, 3.05) is 0 Å². The maximum absolute atomic E-state index is 11.3. The Morgan fingerprint density at radius 2 is 2.36 bits per heavy atom. The molecule has 0 aromatic rings. The first-order valence-corrected chi connectivity index (χ1v) is 4.52. The van der Waals surface area contributed by atoms with Crippen molar-refractivity contribution < 1.29 is 9.72 Å². The summed E-state index contributed by atoms with van der Waals surface area (Å²) >= 11 is 0. The predicted molar refractivity (Wildman–Crippen MR) is 52.2 cm³/mol. The van der Waals surface area contributed by atoms with Crippen LogP contribution in [0.15, 0.2) is 23.4 Å². The summed E-state index contributed by atoms with van der Waals surface area (Å²) in [5.74, 6) is 0.106. The van der Waals surface area contributed by atoms with Crippen LogP contribution in [0, 0.1) is 16.0 Å². The van der Waals surface area contributed by atoms with Crippen LogP contribution in [0.25, 0.3) is 0 Å². The first kappa shape index (κ1) is 10.6. The molecule has 0 N–H and O–H groups in total. The highest BCUT2D eigenvalue weighted by atomic mass is 16.6. The maximum Gasteiger partial charge on any atom is 0.233 e. The zero-order valence-corrected chi connectivity index (χ0v) is 8.32. The van der Waals surface area contributed by atoms with E-state index in [4.69, 9.17) is 0 Å². The molecule has 76 valence electrons. The molecule has 1 rings (SSSR count). The quantitative estimate of drug-likeness (QED) is 0.500. The van der Waals surface area contributed by atoms with E-state index >= 15 is 0 Å². The normalized spacial score (nSPS) is 23.3. The number of rotatable bonds is 2. The lowest BCUT2D eigenvalue weighted by molar-refractivity contribution is -0.403. The van der Waals surface area contributed by atoms with Gasteiger partial charge >= 0.3 is 0 Å². The van der Waals surface area contributed by atoms with Gasteiger partial charge in [-0.25, -0.2) is 0 Å². The fourth-order valence-corrected chi connectivity index (χ4v) is 1.52. The van der Waals surface area contributed by atoms with Gasteiger partial charge in [0, 0.05) is 12.0 Å². The molecule has 0 saturated heterocycles. The molecule has 0 aliphatic heterocycles. The minimum Gasteiger partial charge on any atom is -0.295 e. The molecule has 0 spiro atoms. The van der Waals surface area contributed by atoms with Crippen molar-refractivity contribution in [3.05, 3.63) is 33.5 Å². The molecule has 0 amide bonds. The van der Waals surface area contributed by atoms with Crippen molar-refractivity contribution in [3.63, 3.8) is 0 Å². The Bertz CT molecular complexity index is 328. The van der Waals surface area contributed by atoms with E-state index in [1.807, 2.05) is 6.08 Å². The van der Waals surface area contributed by atoms with Gasteiger partial charge in [0.2, 0.25) is 6.20 Å². The van der Waals surface area contributed by atoms with E-state index in [2.05, 4.69) is 0 Å². The molecule has 0 radical (unpaired) electrons. The van der Waals surface area contributed by atoms with Gasteiger partial charge in [0.25, 0.3) is 0 Å². The highest BCUT2D eigenvalue weighted by Crippen LogP contribution is 2.26. The molecule has 4 nitrogen and oxygen atoms in total. The number of Topliss-reactive ketones (excluding diaryl/α,β-unsaturated/α-hetero) is 1. The molecule has 1 aliphatic carbocycles. The Labute approximate surface area is 82.5 Å². The van der Waals surface area contributed by atoms with Gasteiger partial charge < -0.3 is 0 Å². The van der Waals surface area contributed by atoms with Crippen molar-refractivity contribution in [1.29, 1.82) is 0 Å². The first-order valence-electron chi connectivity index (χ1n) is 4.52. The van der Waals surface area contributed by atoms with E-state index in [-0.39, 0.29) is 11.7 Å². The second kappa shape index (κ2) is 4.17. The molecule has 14 heavy (non-hydrogen) atoms. The van der Waals surface area contributed by atoms with Crippen LogP contribution >= 0.6 is 0 Å². The van der Waals surface area contributed by atoms with E-state index in [0.29, 0.717) is 12.0 Å². The summed E-state index contributed by atoms with van der Waals surface area (Å²) in [6.07, 6.45) is 3.98. The van der Waals surface area contributed by atoms with Crippen LogP contribution in [-0.4, -0.2) is 10.7 Å². The minimum absolute atomic E-state index is 0.0107. The third kappa shape index (κ3) is 2.52. The van der Waals surface area contributed by atoms with E-state index in [0.717, 1.165) is 18.2 Å². The van der Waals surface area contributed by atoms with Gasteiger partial charge in [0.15, 0.2) is 5.78 Å². The van der Waals surface area contributed by atoms with Gasteiger partial charge in [-0.3, -0.25) is 14.9 Å². The smallest absolute Gasteiger partial charge is 0.233 e. The van der Waals surface area contributed by atoms with E-state index in [9.17, 15) is 14.9 Å². The fraction of sp³-hybridized carbons (Fsp3) is 0.500. The van der Waals surface area contributed by atoms with Gasteiger partial charge in [-0.15, -0.1) is 0 Å². The molecule has 1 aliphatic rings. The summed E-state index contributed by atoms with van der Waals surface area (Å²) in [4.78, 5) is 21.1. The fourth-order valence-electron chi connectivity index (χ4n) is 1.52. The zero-order chi connectivity index (χ0) is 10.7. The summed E-state index contributed by atoms with van der Waals surface area (Å²) in [5, 5.41) is 10.2. The molecular formula is C10H13NO3. The van der Waals surface area contributed by atoms with E-state index in [1.165, 1.54) is 0 Å². The SMILES string of the molecule is CC1=CC[C@H](/C(C)=C\[N+](=O)[O-])CC1=O. The van der Waals surface area contributed by atoms with Gasteiger partial charge in [-0.2, -0.15) is 0 Å². The number of carbonyl (C=O) groups is 1. The van der Waals surface area contributed by atoms with Crippen molar-refractivity contribution in [2.45, 2.75) is 26.7 Å². The Morgan fingerprint density at radius 3 is 2.86 bits per heavy atom. The predicted octanol–water partition coefficient (Wildman–Crippen LogP) is 2.09. The molecule has 0 aromatic carbocycles. The maximum atomic E-state index is 11.3. The summed E-state index contributed by atoms with van der Waals surface area (Å²) < 4.78 is 0. The summed E-state index contributed by atoms with van der Waals surface area (Å²) in [5.41, 5.74) is 1.45. The second-order valence-electron chi connectivity index (χ2n) is 3.61. The van der Waals surface area contributed by atoms with E-state index in [1.54, 1.807) is 13.8 Å². The van der Waals surface area contributed by atoms with Gasteiger partial charge in [0.05, 0.1) is 4.92 Å². The van der Waals surface area contributed by atoms with Crippen LogP contribution in [-0.2, 0) is 4.79 Å². The topological polar surface area (TPSA) is 60.2 Å². The first-order chi connectivity index (χ1) is 6.50. The van der Waals surface area contributed by atoms with Crippen LogP contribution < -0.4 is 0 Å². The standard InChI is InChI=1S/C10H13NO3/c1-7-3-4-9(5-10(7)12)8(2)6-11(13)14/h3,6,9H,4-5H2,1-2H3/b8-6-/t9-/m0/s1. The number of allylic oxidation sites excluding steroid dienone is 3. The van der Waals surface area contributed by atoms with Crippen LogP contribution in [0.3, 0.4) is 0 Å². The number of carbonyl (C=O) groups excluding carboxylic acids is 1. The lowest BCUT2D eigenvalue weighted by Crippen LogP contribution is -2.15. The Morgan fingerprint density at radius 1 is 1.71 bits per heavy atom. The average Bonchev–Trinajstić information content (AvgIpc) is 2.08. The van der Waals surface area contributed by atoms with Crippen LogP contribution in [0.4, 0.5) is 0 Å².